The van der Waals surface area contributed by atoms with Crippen LogP contribution in [-0.2, 0) is 19.6 Å². The van der Waals surface area contributed by atoms with Crippen molar-refractivity contribution < 1.29 is 0 Å². The number of aromatic nitrogens is 1. The van der Waals surface area contributed by atoms with Gasteiger partial charge >= 0.3 is 0 Å². The third-order valence-electron chi connectivity index (χ3n) is 4.96. The normalized spacial score (nSPS) is 15.2. The summed E-state index contributed by atoms with van der Waals surface area (Å²) < 4.78 is 2.16. The van der Waals surface area contributed by atoms with Crippen LogP contribution in [0.2, 0.25) is 0 Å². The molecule has 0 atom stereocenters. The lowest BCUT2D eigenvalue weighted by molar-refractivity contribution is 0.220. The van der Waals surface area contributed by atoms with Gasteiger partial charge in [-0.3, -0.25) is 9.89 Å². The Morgan fingerprint density at radius 1 is 0.963 bits per heavy atom. The van der Waals surface area contributed by atoms with Crippen LogP contribution >= 0.6 is 24.0 Å². The van der Waals surface area contributed by atoms with Crippen LogP contribution < -0.4 is 10.6 Å². The molecule has 148 valence electrons. The van der Waals surface area contributed by atoms with Gasteiger partial charge in [-0.15, -0.1) is 24.0 Å². The van der Waals surface area contributed by atoms with E-state index in [4.69, 9.17) is 0 Å². The molecule has 6 heteroatoms. The van der Waals surface area contributed by atoms with Crippen molar-refractivity contribution in [3.63, 3.8) is 0 Å². The van der Waals surface area contributed by atoms with E-state index in [-0.39, 0.29) is 24.0 Å². The molecular formula is C21H32IN5. The van der Waals surface area contributed by atoms with Crippen molar-refractivity contribution in [1.29, 1.82) is 0 Å². The number of halogens is 1. The Balaban J connectivity index is 0.00000261. The Labute approximate surface area is 180 Å². The highest BCUT2D eigenvalue weighted by Crippen LogP contribution is 2.16. The third kappa shape index (κ3) is 7.18. The van der Waals surface area contributed by atoms with E-state index in [0.717, 1.165) is 32.1 Å². The van der Waals surface area contributed by atoms with E-state index in [1.165, 1.54) is 43.5 Å². The van der Waals surface area contributed by atoms with E-state index in [1.54, 1.807) is 0 Å². The first-order valence-electron chi connectivity index (χ1n) is 9.69. The molecule has 1 aromatic heterocycles. The highest BCUT2D eigenvalue weighted by Gasteiger charge is 2.12. The van der Waals surface area contributed by atoms with Crippen LogP contribution in [0.5, 0.6) is 0 Å². The summed E-state index contributed by atoms with van der Waals surface area (Å²) in [5.41, 5.74) is 2.77. The maximum Gasteiger partial charge on any atom is 0.191 e. The second-order valence-corrected chi connectivity index (χ2v) is 6.88. The molecule has 27 heavy (non-hydrogen) atoms. The van der Waals surface area contributed by atoms with Gasteiger partial charge in [-0.2, -0.15) is 0 Å². The number of nitrogens with zero attached hydrogens (tertiary/aromatic N) is 3. The van der Waals surface area contributed by atoms with Crippen LogP contribution in [0.25, 0.3) is 0 Å². The molecule has 2 heterocycles. The first kappa shape index (κ1) is 21.8. The molecule has 1 fully saturated rings. The van der Waals surface area contributed by atoms with Crippen LogP contribution in [0.4, 0.5) is 0 Å². The molecule has 0 aliphatic carbocycles. The minimum absolute atomic E-state index is 0. The minimum Gasteiger partial charge on any atom is -0.355 e. The van der Waals surface area contributed by atoms with Crippen LogP contribution in [-0.4, -0.2) is 42.1 Å². The first-order chi connectivity index (χ1) is 12.8. The molecule has 1 aromatic carbocycles. The summed E-state index contributed by atoms with van der Waals surface area (Å²) in [5.74, 6) is 0.852. The van der Waals surface area contributed by atoms with Crippen LogP contribution in [0.1, 0.15) is 30.4 Å². The Hall–Kier alpha value is -1.54. The molecule has 1 aliphatic heterocycles. The first-order valence-corrected chi connectivity index (χ1v) is 9.69. The standard InChI is InChI=1S/C21H31N5.HI/c1-22-21(23-11-16-25-12-7-8-13-25)24-17-19-9-3-4-10-20(19)18-26-14-5-2-6-15-26;/h3-4,7-10,12-13H,2,5-6,11,14-18H2,1H3,(H2,22,23,24);1H. The van der Waals surface area contributed by atoms with Gasteiger partial charge in [0.15, 0.2) is 5.96 Å². The monoisotopic (exact) mass is 481 g/mol. The second kappa shape index (κ2) is 12.0. The van der Waals surface area contributed by atoms with Gasteiger partial charge in [-0.05, 0) is 49.2 Å². The molecule has 0 spiro atoms. The molecule has 5 nitrogen and oxygen atoms in total. The fourth-order valence-electron chi connectivity index (χ4n) is 3.46. The number of likely N-dealkylation sites (tertiary alicyclic amines) is 1. The van der Waals surface area contributed by atoms with Crippen molar-refractivity contribution in [1.82, 2.24) is 20.1 Å². The fraction of sp³-hybridized carbons (Fsp3) is 0.476. The molecular weight excluding hydrogens is 449 g/mol. The predicted octanol–water partition coefficient (Wildman–Crippen LogP) is 3.46. The summed E-state index contributed by atoms with van der Waals surface area (Å²) in [5, 5.41) is 6.84. The van der Waals surface area contributed by atoms with Crippen LogP contribution in [0, 0.1) is 0 Å². The van der Waals surface area contributed by atoms with Crippen LogP contribution in [0.15, 0.2) is 53.8 Å². The zero-order valence-corrected chi connectivity index (χ0v) is 18.6. The maximum absolute atomic E-state index is 4.34. The number of hydrogen-bond donors (Lipinski definition) is 2. The average molecular weight is 481 g/mol. The van der Waals surface area contributed by atoms with Gasteiger partial charge in [0, 0.05) is 45.6 Å². The predicted molar refractivity (Wildman–Crippen MR) is 124 cm³/mol. The van der Waals surface area contributed by atoms with E-state index in [9.17, 15) is 0 Å². The summed E-state index contributed by atoms with van der Waals surface area (Å²) in [6.45, 7) is 6.09. The molecule has 0 saturated carbocycles. The molecule has 2 aromatic rings. The molecule has 0 bridgehead atoms. The van der Waals surface area contributed by atoms with E-state index in [2.05, 4.69) is 61.8 Å². The Bertz CT molecular complexity index is 678. The fourth-order valence-corrected chi connectivity index (χ4v) is 3.46. The van der Waals surface area contributed by atoms with Gasteiger partial charge < -0.3 is 15.2 Å². The summed E-state index contributed by atoms with van der Waals surface area (Å²) in [6, 6.07) is 12.8. The molecule has 1 aliphatic rings. The highest BCUT2D eigenvalue weighted by atomic mass is 127. The highest BCUT2D eigenvalue weighted by molar-refractivity contribution is 14.0. The number of aliphatic imine (C=N–C) groups is 1. The topological polar surface area (TPSA) is 44.6 Å². The summed E-state index contributed by atoms with van der Waals surface area (Å²) >= 11 is 0. The lowest BCUT2D eigenvalue weighted by Crippen LogP contribution is -2.38. The Morgan fingerprint density at radius 2 is 1.67 bits per heavy atom. The second-order valence-electron chi connectivity index (χ2n) is 6.88. The van der Waals surface area contributed by atoms with E-state index < -0.39 is 0 Å². The number of nitrogens with one attached hydrogen (secondary N) is 2. The van der Waals surface area contributed by atoms with Gasteiger partial charge in [0.1, 0.15) is 0 Å². The zero-order chi connectivity index (χ0) is 18.0. The van der Waals surface area contributed by atoms with Gasteiger partial charge in [-0.25, -0.2) is 0 Å². The summed E-state index contributed by atoms with van der Waals surface area (Å²) in [4.78, 5) is 6.92. The molecule has 0 radical (unpaired) electrons. The molecule has 1 saturated heterocycles. The quantitative estimate of drug-likeness (QED) is 0.362. The van der Waals surface area contributed by atoms with Crippen molar-refractivity contribution in [3.8, 4) is 0 Å². The van der Waals surface area contributed by atoms with E-state index in [1.807, 2.05) is 19.2 Å². The maximum atomic E-state index is 4.34. The van der Waals surface area contributed by atoms with Gasteiger partial charge in [0.2, 0.25) is 0 Å². The number of piperidine rings is 1. The average Bonchev–Trinajstić information content (AvgIpc) is 3.20. The van der Waals surface area contributed by atoms with E-state index >= 15 is 0 Å². The lowest BCUT2D eigenvalue weighted by Gasteiger charge is -2.27. The molecule has 0 amide bonds. The van der Waals surface area contributed by atoms with Crippen molar-refractivity contribution in [3.05, 3.63) is 59.9 Å². The molecule has 3 rings (SSSR count). The smallest absolute Gasteiger partial charge is 0.191 e. The van der Waals surface area contributed by atoms with Crippen LogP contribution in [0.3, 0.4) is 0 Å². The lowest BCUT2D eigenvalue weighted by atomic mass is 10.0. The summed E-state index contributed by atoms with van der Waals surface area (Å²) in [6.07, 6.45) is 8.20. The number of rotatable bonds is 7. The van der Waals surface area contributed by atoms with Gasteiger partial charge in [0.05, 0.1) is 0 Å². The number of hydrogen-bond acceptors (Lipinski definition) is 2. The van der Waals surface area contributed by atoms with Crippen molar-refractivity contribution in [2.75, 3.05) is 26.7 Å². The largest absolute Gasteiger partial charge is 0.355 e. The van der Waals surface area contributed by atoms with Crippen molar-refractivity contribution >= 4 is 29.9 Å². The SMILES string of the molecule is CN=C(NCCn1cccc1)NCc1ccccc1CN1CCCCC1.I. The third-order valence-corrected chi connectivity index (χ3v) is 4.96. The van der Waals surface area contributed by atoms with Gasteiger partial charge in [0.25, 0.3) is 0 Å². The molecule has 0 unspecified atom stereocenters. The number of guanidine groups is 1. The van der Waals surface area contributed by atoms with Crippen molar-refractivity contribution in [2.45, 2.75) is 38.9 Å². The minimum atomic E-state index is 0. The van der Waals surface area contributed by atoms with Crippen molar-refractivity contribution in [2.24, 2.45) is 4.99 Å². The van der Waals surface area contributed by atoms with Gasteiger partial charge in [-0.1, -0.05) is 30.7 Å². The zero-order valence-electron chi connectivity index (χ0n) is 16.2. The number of benzene rings is 1. The Kier molecular flexibility index (Phi) is 9.69. The molecule has 2 N–H and O–H groups in total. The van der Waals surface area contributed by atoms with E-state index in [0.29, 0.717) is 0 Å². The summed E-state index contributed by atoms with van der Waals surface area (Å²) in [7, 11) is 1.82. The Morgan fingerprint density at radius 3 is 2.37 bits per heavy atom.